The van der Waals surface area contributed by atoms with Crippen molar-refractivity contribution in [2.75, 3.05) is 13.2 Å². The highest BCUT2D eigenvalue weighted by molar-refractivity contribution is 5.90. The van der Waals surface area contributed by atoms with E-state index in [0.29, 0.717) is 18.8 Å². The van der Waals surface area contributed by atoms with Gasteiger partial charge in [-0.2, -0.15) is 0 Å². The van der Waals surface area contributed by atoms with Crippen molar-refractivity contribution in [2.45, 2.75) is 26.7 Å². The van der Waals surface area contributed by atoms with Crippen LogP contribution in [-0.2, 0) is 19.1 Å². The molecule has 0 bridgehead atoms. The van der Waals surface area contributed by atoms with E-state index in [1.165, 1.54) is 0 Å². The van der Waals surface area contributed by atoms with Gasteiger partial charge in [0.25, 0.3) is 0 Å². The van der Waals surface area contributed by atoms with Crippen molar-refractivity contribution in [3.8, 4) is 0 Å². The Kier molecular flexibility index (Phi) is 4.52. The summed E-state index contributed by atoms with van der Waals surface area (Å²) in [4.78, 5) is 22.9. The van der Waals surface area contributed by atoms with Gasteiger partial charge >= 0.3 is 11.9 Å². The van der Waals surface area contributed by atoms with E-state index in [1.54, 1.807) is 13.8 Å². The highest BCUT2D eigenvalue weighted by atomic mass is 16.5. The van der Waals surface area contributed by atoms with Crippen LogP contribution in [0.1, 0.15) is 26.7 Å². The third-order valence-electron chi connectivity index (χ3n) is 2.85. The van der Waals surface area contributed by atoms with Gasteiger partial charge in [0, 0.05) is 11.5 Å². The Morgan fingerprint density at radius 2 is 1.69 bits per heavy atom. The molecule has 90 valence electrons. The zero-order valence-electron chi connectivity index (χ0n) is 9.82. The van der Waals surface area contributed by atoms with Crippen LogP contribution < -0.4 is 0 Å². The van der Waals surface area contributed by atoms with E-state index in [-0.39, 0.29) is 17.8 Å². The van der Waals surface area contributed by atoms with Crippen LogP contribution in [-0.4, -0.2) is 25.2 Å². The van der Waals surface area contributed by atoms with Gasteiger partial charge in [0.2, 0.25) is 0 Å². The zero-order chi connectivity index (χ0) is 12.1. The summed E-state index contributed by atoms with van der Waals surface area (Å²) in [6.45, 7) is 7.92. The number of esters is 2. The fourth-order valence-electron chi connectivity index (χ4n) is 1.82. The van der Waals surface area contributed by atoms with Crippen LogP contribution in [0.25, 0.3) is 0 Å². The molecule has 0 saturated heterocycles. The second kappa shape index (κ2) is 5.68. The van der Waals surface area contributed by atoms with Crippen molar-refractivity contribution < 1.29 is 19.1 Å². The summed E-state index contributed by atoms with van der Waals surface area (Å²) in [6.07, 6.45) is 1.57. The summed E-state index contributed by atoms with van der Waals surface area (Å²) in [5, 5.41) is 0. The minimum absolute atomic E-state index is 0.0990. The number of carbonyl (C=O) groups excluding carboxylic acids is 2. The smallest absolute Gasteiger partial charge is 0.333 e. The third kappa shape index (κ3) is 2.62. The lowest BCUT2D eigenvalue weighted by atomic mass is 9.70. The number of hydrogen-bond donors (Lipinski definition) is 0. The molecule has 1 fully saturated rings. The molecule has 0 aromatic heterocycles. The summed E-state index contributed by atoms with van der Waals surface area (Å²) < 4.78 is 9.79. The quantitative estimate of drug-likeness (QED) is 0.529. The lowest BCUT2D eigenvalue weighted by Gasteiger charge is -2.34. The maximum Gasteiger partial charge on any atom is 0.333 e. The first kappa shape index (κ1) is 12.7. The number of carbonyl (C=O) groups is 2. The minimum Gasteiger partial charge on any atom is -0.466 e. The number of rotatable bonds is 5. The molecule has 0 spiro atoms. The lowest BCUT2D eigenvalue weighted by Crippen LogP contribution is -2.37. The first-order valence-electron chi connectivity index (χ1n) is 5.64. The van der Waals surface area contributed by atoms with Gasteiger partial charge in [0.05, 0.1) is 19.1 Å². The molecule has 2 atom stereocenters. The Morgan fingerprint density at radius 1 is 1.12 bits per heavy atom. The number of hydrogen-bond acceptors (Lipinski definition) is 4. The van der Waals surface area contributed by atoms with E-state index < -0.39 is 5.97 Å². The van der Waals surface area contributed by atoms with Crippen molar-refractivity contribution >= 4 is 11.9 Å². The van der Waals surface area contributed by atoms with E-state index in [0.717, 1.165) is 12.8 Å². The number of ether oxygens (including phenoxy) is 2. The van der Waals surface area contributed by atoms with E-state index in [1.807, 2.05) is 0 Å². The molecule has 1 aliphatic rings. The SMILES string of the molecule is C=C(C(=O)OCC)C1CCC1C(=O)OCC. The fourth-order valence-corrected chi connectivity index (χ4v) is 1.82. The molecule has 2 unspecified atom stereocenters. The topological polar surface area (TPSA) is 52.6 Å². The fraction of sp³-hybridized carbons (Fsp3) is 0.667. The van der Waals surface area contributed by atoms with Crippen LogP contribution in [0.15, 0.2) is 12.2 Å². The Labute approximate surface area is 95.6 Å². The first-order valence-corrected chi connectivity index (χ1v) is 5.64. The largest absolute Gasteiger partial charge is 0.466 e. The van der Waals surface area contributed by atoms with Crippen LogP contribution in [0.4, 0.5) is 0 Å². The van der Waals surface area contributed by atoms with Gasteiger partial charge in [-0.3, -0.25) is 4.79 Å². The molecule has 0 radical (unpaired) electrons. The Morgan fingerprint density at radius 3 is 2.12 bits per heavy atom. The Balaban J connectivity index is 2.52. The molecule has 0 aliphatic heterocycles. The molecule has 16 heavy (non-hydrogen) atoms. The van der Waals surface area contributed by atoms with Gasteiger partial charge in [-0.05, 0) is 26.7 Å². The second-order valence-electron chi connectivity index (χ2n) is 3.79. The summed E-state index contributed by atoms with van der Waals surface area (Å²) in [5.74, 6) is -0.944. The molecule has 0 amide bonds. The van der Waals surface area contributed by atoms with Crippen LogP contribution in [0.3, 0.4) is 0 Å². The van der Waals surface area contributed by atoms with Gasteiger partial charge in [0.1, 0.15) is 0 Å². The van der Waals surface area contributed by atoms with Crippen LogP contribution >= 0.6 is 0 Å². The molecule has 1 aliphatic carbocycles. The third-order valence-corrected chi connectivity index (χ3v) is 2.85. The first-order chi connectivity index (χ1) is 7.61. The second-order valence-corrected chi connectivity index (χ2v) is 3.79. The predicted molar refractivity (Wildman–Crippen MR) is 58.6 cm³/mol. The Hall–Kier alpha value is -1.32. The molecule has 0 N–H and O–H groups in total. The molecule has 1 rings (SSSR count). The maximum atomic E-state index is 11.5. The van der Waals surface area contributed by atoms with Crippen LogP contribution in [0.5, 0.6) is 0 Å². The molecule has 0 aromatic carbocycles. The molecule has 0 aromatic rings. The van der Waals surface area contributed by atoms with Gasteiger partial charge < -0.3 is 9.47 Å². The lowest BCUT2D eigenvalue weighted by molar-refractivity contribution is -0.154. The zero-order valence-corrected chi connectivity index (χ0v) is 9.82. The van der Waals surface area contributed by atoms with Crippen molar-refractivity contribution in [2.24, 2.45) is 11.8 Å². The van der Waals surface area contributed by atoms with Gasteiger partial charge in [0.15, 0.2) is 0 Å². The van der Waals surface area contributed by atoms with E-state index in [4.69, 9.17) is 9.47 Å². The summed E-state index contributed by atoms with van der Waals surface area (Å²) in [6, 6.07) is 0. The summed E-state index contributed by atoms with van der Waals surface area (Å²) >= 11 is 0. The molecular weight excluding hydrogens is 208 g/mol. The minimum atomic E-state index is -0.401. The van der Waals surface area contributed by atoms with Crippen molar-refractivity contribution in [1.29, 1.82) is 0 Å². The summed E-state index contributed by atoms with van der Waals surface area (Å²) in [7, 11) is 0. The average molecular weight is 226 g/mol. The monoisotopic (exact) mass is 226 g/mol. The molecule has 4 nitrogen and oxygen atoms in total. The molecular formula is C12H18O4. The van der Waals surface area contributed by atoms with Gasteiger partial charge in [-0.1, -0.05) is 6.58 Å². The van der Waals surface area contributed by atoms with E-state index in [2.05, 4.69) is 6.58 Å². The molecule has 4 heteroatoms. The molecule has 1 saturated carbocycles. The van der Waals surface area contributed by atoms with Crippen molar-refractivity contribution in [1.82, 2.24) is 0 Å². The summed E-state index contributed by atoms with van der Waals surface area (Å²) in [5.41, 5.74) is 0.395. The standard InChI is InChI=1S/C12H18O4/c1-4-15-11(13)8(3)9-6-7-10(9)12(14)16-5-2/h9-10H,3-7H2,1-2H3. The van der Waals surface area contributed by atoms with Crippen molar-refractivity contribution in [3.05, 3.63) is 12.2 Å². The van der Waals surface area contributed by atoms with Gasteiger partial charge in [-0.15, -0.1) is 0 Å². The van der Waals surface area contributed by atoms with Crippen molar-refractivity contribution in [3.63, 3.8) is 0 Å². The highest BCUT2D eigenvalue weighted by Gasteiger charge is 2.41. The van der Waals surface area contributed by atoms with E-state index >= 15 is 0 Å². The highest BCUT2D eigenvalue weighted by Crippen LogP contribution is 2.40. The van der Waals surface area contributed by atoms with Gasteiger partial charge in [-0.25, -0.2) is 4.79 Å². The van der Waals surface area contributed by atoms with E-state index in [9.17, 15) is 9.59 Å². The average Bonchev–Trinajstić information content (AvgIpc) is 2.16. The predicted octanol–water partition coefficient (Wildman–Crippen LogP) is 1.70. The normalized spacial score (nSPS) is 23.1. The molecule has 0 heterocycles. The van der Waals surface area contributed by atoms with Crippen LogP contribution in [0.2, 0.25) is 0 Å². The Bertz CT molecular complexity index is 295. The maximum absolute atomic E-state index is 11.5. The van der Waals surface area contributed by atoms with Crippen LogP contribution in [0, 0.1) is 11.8 Å².